The van der Waals surface area contributed by atoms with E-state index in [0.717, 1.165) is 31.9 Å². The van der Waals surface area contributed by atoms with Crippen molar-refractivity contribution in [2.45, 2.75) is 53.0 Å². The maximum atomic E-state index is 9.73. The number of hydrogen-bond acceptors (Lipinski definition) is 3. The molecule has 0 spiro atoms. The van der Waals surface area contributed by atoms with Crippen LogP contribution in [0.1, 0.15) is 55.8 Å². The average Bonchev–Trinajstić information content (AvgIpc) is 3.01. The predicted octanol–water partition coefficient (Wildman–Crippen LogP) is 3.86. The third kappa shape index (κ3) is 3.82. The van der Waals surface area contributed by atoms with Crippen molar-refractivity contribution in [3.05, 3.63) is 28.8 Å². The van der Waals surface area contributed by atoms with E-state index in [9.17, 15) is 5.11 Å². The van der Waals surface area contributed by atoms with E-state index in [2.05, 4.69) is 44.7 Å². The van der Waals surface area contributed by atoms with Crippen molar-refractivity contribution in [1.29, 1.82) is 0 Å². The number of benzene rings is 1. The second-order valence-electron chi connectivity index (χ2n) is 6.67. The van der Waals surface area contributed by atoms with E-state index in [1.54, 1.807) is 0 Å². The summed E-state index contributed by atoms with van der Waals surface area (Å²) in [5.41, 5.74) is 3.94. The Bertz CT molecular complexity index is 457. The van der Waals surface area contributed by atoms with Crippen molar-refractivity contribution < 1.29 is 9.84 Å². The van der Waals surface area contributed by atoms with Gasteiger partial charge < -0.3 is 9.84 Å². The number of aliphatic hydroxyl groups is 1. The van der Waals surface area contributed by atoms with Gasteiger partial charge >= 0.3 is 0 Å². The van der Waals surface area contributed by atoms with Gasteiger partial charge in [-0.2, -0.15) is 0 Å². The molecule has 0 aliphatic carbocycles. The van der Waals surface area contributed by atoms with Crippen LogP contribution >= 0.6 is 0 Å². The summed E-state index contributed by atoms with van der Waals surface area (Å²) in [6, 6.07) is 4.63. The Labute approximate surface area is 135 Å². The van der Waals surface area contributed by atoms with Gasteiger partial charge in [0.1, 0.15) is 5.75 Å². The van der Waals surface area contributed by atoms with Gasteiger partial charge in [0.05, 0.1) is 6.61 Å². The summed E-state index contributed by atoms with van der Waals surface area (Å²) < 4.78 is 5.80. The smallest absolute Gasteiger partial charge is 0.119 e. The van der Waals surface area contributed by atoms with E-state index in [4.69, 9.17) is 4.74 Å². The molecule has 2 unspecified atom stereocenters. The van der Waals surface area contributed by atoms with Gasteiger partial charge in [-0.3, -0.25) is 4.90 Å². The van der Waals surface area contributed by atoms with Crippen molar-refractivity contribution in [1.82, 2.24) is 4.90 Å². The molecule has 2 rings (SSSR count). The van der Waals surface area contributed by atoms with Crippen LogP contribution in [0.15, 0.2) is 12.1 Å². The molecule has 1 aliphatic rings. The minimum absolute atomic E-state index is 0.230. The van der Waals surface area contributed by atoms with E-state index in [0.29, 0.717) is 6.04 Å². The van der Waals surface area contributed by atoms with Crippen molar-refractivity contribution in [3.8, 4) is 5.75 Å². The fraction of sp³-hybridized carbons (Fsp3) is 0.684. The first-order valence-electron chi connectivity index (χ1n) is 8.67. The largest absolute Gasteiger partial charge is 0.494 e. The van der Waals surface area contributed by atoms with Gasteiger partial charge in [0.25, 0.3) is 0 Å². The quantitative estimate of drug-likeness (QED) is 0.830. The van der Waals surface area contributed by atoms with Crippen molar-refractivity contribution in [2.24, 2.45) is 5.92 Å². The standard InChI is InChI=1S/C19H31NO2/c1-5-10-22-17-11-14(2)18(15(3)12-17)19(16(4)13-21)20-8-6-7-9-20/h11-12,16,19,21H,5-10,13H2,1-4H3. The Morgan fingerprint density at radius 3 is 2.27 bits per heavy atom. The lowest BCUT2D eigenvalue weighted by atomic mass is 9.87. The monoisotopic (exact) mass is 305 g/mol. The van der Waals surface area contributed by atoms with Gasteiger partial charge in [0, 0.05) is 12.6 Å². The van der Waals surface area contributed by atoms with E-state index in [-0.39, 0.29) is 12.5 Å². The molecule has 1 N–H and O–H groups in total. The Balaban J connectivity index is 2.34. The lowest BCUT2D eigenvalue weighted by Gasteiger charge is -2.34. The van der Waals surface area contributed by atoms with Crippen LogP contribution in [-0.4, -0.2) is 36.3 Å². The minimum Gasteiger partial charge on any atom is -0.494 e. The first-order chi connectivity index (χ1) is 10.6. The molecule has 1 heterocycles. The summed E-state index contributed by atoms with van der Waals surface area (Å²) in [6.07, 6.45) is 3.56. The summed E-state index contributed by atoms with van der Waals surface area (Å²) >= 11 is 0. The number of aryl methyl sites for hydroxylation is 2. The van der Waals surface area contributed by atoms with Gasteiger partial charge in [-0.25, -0.2) is 0 Å². The Kier molecular flexibility index (Phi) is 6.27. The zero-order valence-electron chi connectivity index (χ0n) is 14.6. The highest BCUT2D eigenvalue weighted by Gasteiger charge is 2.30. The van der Waals surface area contributed by atoms with Crippen LogP contribution < -0.4 is 4.74 Å². The van der Waals surface area contributed by atoms with Crippen molar-refractivity contribution >= 4 is 0 Å². The third-order valence-electron chi connectivity index (χ3n) is 4.70. The first-order valence-corrected chi connectivity index (χ1v) is 8.67. The molecule has 124 valence electrons. The number of rotatable bonds is 7. The highest BCUT2D eigenvalue weighted by molar-refractivity contribution is 5.43. The highest BCUT2D eigenvalue weighted by Crippen LogP contribution is 2.37. The lowest BCUT2D eigenvalue weighted by Crippen LogP contribution is -2.33. The molecule has 0 radical (unpaired) electrons. The number of nitrogens with zero attached hydrogens (tertiary/aromatic N) is 1. The van der Waals surface area contributed by atoms with Gasteiger partial charge in [0.15, 0.2) is 0 Å². The second-order valence-corrected chi connectivity index (χ2v) is 6.67. The van der Waals surface area contributed by atoms with Gasteiger partial charge in [0.2, 0.25) is 0 Å². The normalized spacial score (nSPS) is 18.4. The van der Waals surface area contributed by atoms with Crippen LogP contribution in [0, 0.1) is 19.8 Å². The van der Waals surface area contributed by atoms with Gasteiger partial charge in [-0.15, -0.1) is 0 Å². The van der Waals surface area contributed by atoms with Gasteiger partial charge in [-0.1, -0.05) is 13.8 Å². The molecule has 1 aromatic carbocycles. The molecule has 0 aromatic heterocycles. The van der Waals surface area contributed by atoms with E-state index < -0.39 is 0 Å². The molecule has 3 heteroatoms. The van der Waals surface area contributed by atoms with Crippen LogP contribution in [-0.2, 0) is 0 Å². The highest BCUT2D eigenvalue weighted by atomic mass is 16.5. The summed E-state index contributed by atoms with van der Waals surface area (Å²) in [6.45, 7) is 11.9. The van der Waals surface area contributed by atoms with Crippen LogP contribution in [0.2, 0.25) is 0 Å². The maximum Gasteiger partial charge on any atom is 0.119 e. The second kappa shape index (κ2) is 7.98. The molecule has 1 saturated heterocycles. The molecule has 22 heavy (non-hydrogen) atoms. The molecular formula is C19H31NO2. The van der Waals surface area contributed by atoms with Crippen LogP contribution in [0.5, 0.6) is 5.75 Å². The Morgan fingerprint density at radius 1 is 1.18 bits per heavy atom. The third-order valence-corrected chi connectivity index (χ3v) is 4.70. The minimum atomic E-state index is 0.230. The Hall–Kier alpha value is -1.06. The lowest BCUT2D eigenvalue weighted by molar-refractivity contribution is 0.125. The summed E-state index contributed by atoms with van der Waals surface area (Å²) in [7, 11) is 0. The molecular weight excluding hydrogens is 274 g/mol. The topological polar surface area (TPSA) is 32.7 Å². The fourth-order valence-electron chi connectivity index (χ4n) is 3.65. The molecule has 2 atom stereocenters. The predicted molar refractivity (Wildman–Crippen MR) is 91.5 cm³/mol. The molecule has 0 bridgehead atoms. The van der Waals surface area contributed by atoms with E-state index in [1.807, 2.05) is 0 Å². The van der Waals surface area contributed by atoms with Gasteiger partial charge in [-0.05, 0) is 80.9 Å². The SMILES string of the molecule is CCCOc1cc(C)c(C(C(C)CO)N2CCCC2)c(C)c1. The molecule has 0 amide bonds. The van der Waals surface area contributed by atoms with E-state index in [1.165, 1.54) is 29.5 Å². The Morgan fingerprint density at radius 2 is 1.77 bits per heavy atom. The number of ether oxygens (including phenoxy) is 1. The van der Waals surface area contributed by atoms with Crippen LogP contribution in [0.3, 0.4) is 0 Å². The zero-order valence-corrected chi connectivity index (χ0v) is 14.6. The fourth-order valence-corrected chi connectivity index (χ4v) is 3.65. The van der Waals surface area contributed by atoms with Crippen LogP contribution in [0.4, 0.5) is 0 Å². The molecule has 1 aliphatic heterocycles. The molecule has 1 fully saturated rings. The van der Waals surface area contributed by atoms with Crippen molar-refractivity contribution in [2.75, 3.05) is 26.3 Å². The van der Waals surface area contributed by atoms with Crippen LogP contribution in [0.25, 0.3) is 0 Å². The number of hydrogen-bond donors (Lipinski definition) is 1. The summed E-state index contributed by atoms with van der Waals surface area (Å²) in [4.78, 5) is 2.54. The van der Waals surface area contributed by atoms with Crippen molar-refractivity contribution in [3.63, 3.8) is 0 Å². The summed E-state index contributed by atoms with van der Waals surface area (Å²) in [5.74, 6) is 1.22. The summed E-state index contributed by atoms with van der Waals surface area (Å²) in [5, 5.41) is 9.73. The van der Waals surface area contributed by atoms with E-state index >= 15 is 0 Å². The molecule has 3 nitrogen and oxygen atoms in total. The maximum absolute atomic E-state index is 9.73. The number of aliphatic hydroxyl groups excluding tert-OH is 1. The molecule has 1 aromatic rings. The molecule has 0 saturated carbocycles. The first kappa shape index (κ1) is 17.3. The number of likely N-dealkylation sites (tertiary alicyclic amines) is 1. The zero-order chi connectivity index (χ0) is 16.1. The average molecular weight is 305 g/mol.